The highest BCUT2D eigenvalue weighted by Gasteiger charge is 2.28. The van der Waals surface area contributed by atoms with E-state index in [0.717, 1.165) is 29.7 Å². The number of anilines is 1. The van der Waals surface area contributed by atoms with E-state index in [1.165, 1.54) is 6.21 Å². The van der Waals surface area contributed by atoms with Gasteiger partial charge in [0.15, 0.2) is 0 Å². The number of amides is 1. The Kier molecular flexibility index (Phi) is 4.74. The van der Waals surface area contributed by atoms with Crippen molar-refractivity contribution >= 4 is 17.8 Å². The predicted molar refractivity (Wildman–Crippen MR) is 92.8 cm³/mol. The van der Waals surface area contributed by atoms with E-state index in [2.05, 4.69) is 12.2 Å². The summed E-state index contributed by atoms with van der Waals surface area (Å²) in [5.74, 6) is -0.555. The summed E-state index contributed by atoms with van der Waals surface area (Å²) in [4.78, 5) is 11.7. The Labute approximate surface area is 135 Å². The molecule has 122 valence electrons. The third-order valence-corrected chi connectivity index (χ3v) is 4.03. The van der Waals surface area contributed by atoms with E-state index in [1.54, 1.807) is 12.1 Å². The fourth-order valence-electron chi connectivity index (χ4n) is 2.88. The second-order valence-corrected chi connectivity index (χ2v) is 5.67. The highest BCUT2D eigenvalue weighted by Crippen LogP contribution is 2.33. The molecule has 0 aromatic heterocycles. The van der Waals surface area contributed by atoms with Crippen LogP contribution in [0.15, 0.2) is 35.2 Å². The first-order chi connectivity index (χ1) is 10.9. The number of nitrogens with two attached hydrogens (primary N) is 3. The Morgan fingerprint density at radius 1 is 1.39 bits per heavy atom. The first-order valence-corrected chi connectivity index (χ1v) is 7.56. The molecule has 0 aliphatic carbocycles. The summed E-state index contributed by atoms with van der Waals surface area (Å²) in [6.07, 6.45) is 4.63. The summed E-state index contributed by atoms with van der Waals surface area (Å²) in [7, 11) is 0. The topological polar surface area (TPSA) is 131 Å². The maximum atomic E-state index is 11.7. The predicted octanol–water partition coefficient (Wildman–Crippen LogP) is 1.60. The van der Waals surface area contributed by atoms with Crippen LogP contribution >= 0.6 is 0 Å². The van der Waals surface area contributed by atoms with Crippen molar-refractivity contribution in [1.82, 2.24) is 5.32 Å². The molecule has 1 aromatic carbocycles. The first kappa shape index (κ1) is 16.6. The average molecular weight is 313 g/mol. The van der Waals surface area contributed by atoms with Gasteiger partial charge in [0.1, 0.15) is 0 Å². The van der Waals surface area contributed by atoms with Gasteiger partial charge in [-0.05, 0) is 36.6 Å². The third-order valence-electron chi connectivity index (χ3n) is 4.03. The minimum Gasteiger partial charge on any atom is -0.399 e. The zero-order valence-corrected chi connectivity index (χ0v) is 13.4. The van der Waals surface area contributed by atoms with E-state index in [1.807, 2.05) is 13.0 Å². The lowest BCUT2D eigenvalue weighted by Crippen LogP contribution is -2.34. The molecular formula is C17H23N5O. The van der Waals surface area contributed by atoms with Gasteiger partial charge in [0.25, 0.3) is 5.91 Å². The molecule has 1 aromatic rings. The molecule has 1 heterocycles. The SMILES string of the molecule is CCCC1=CC(C(N)=O)=C(N)C(c2c(C)ccc(N)c2C=N)N1. The number of hydrogen-bond acceptors (Lipinski definition) is 5. The molecule has 1 unspecified atom stereocenters. The highest BCUT2D eigenvalue weighted by atomic mass is 16.1. The fourth-order valence-corrected chi connectivity index (χ4v) is 2.88. The largest absolute Gasteiger partial charge is 0.399 e. The van der Waals surface area contributed by atoms with Gasteiger partial charge in [0.05, 0.1) is 11.6 Å². The van der Waals surface area contributed by atoms with Gasteiger partial charge in [0, 0.05) is 28.9 Å². The van der Waals surface area contributed by atoms with Crippen molar-refractivity contribution in [1.29, 1.82) is 5.41 Å². The molecule has 0 fully saturated rings. The molecule has 0 radical (unpaired) electrons. The van der Waals surface area contributed by atoms with E-state index in [4.69, 9.17) is 22.6 Å². The molecule has 0 spiro atoms. The number of rotatable bonds is 5. The lowest BCUT2D eigenvalue weighted by atomic mass is 9.88. The molecule has 8 N–H and O–H groups in total. The summed E-state index contributed by atoms with van der Waals surface area (Å²) < 4.78 is 0. The summed E-state index contributed by atoms with van der Waals surface area (Å²) in [6.45, 7) is 3.98. The molecule has 6 nitrogen and oxygen atoms in total. The normalized spacial score (nSPS) is 17.5. The van der Waals surface area contributed by atoms with Crippen molar-refractivity contribution in [2.75, 3.05) is 5.73 Å². The third kappa shape index (κ3) is 3.06. The van der Waals surface area contributed by atoms with Gasteiger partial charge in [-0.2, -0.15) is 0 Å². The zero-order chi connectivity index (χ0) is 17.1. The lowest BCUT2D eigenvalue weighted by molar-refractivity contribution is -0.114. The number of hydrogen-bond donors (Lipinski definition) is 5. The molecular weight excluding hydrogens is 290 g/mol. The summed E-state index contributed by atoms with van der Waals surface area (Å²) in [6, 6.07) is 3.22. The standard InChI is InChI=1S/C17H23N5O/c1-3-4-10-7-11(17(21)23)15(20)16(22-10)14-9(2)5-6-13(19)12(14)8-18/h5-8,16,18,22H,3-4,19-20H2,1-2H3,(H2,21,23). The second-order valence-electron chi connectivity index (χ2n) is 5.67. The summed E-state index contributed by atoms with van der Waals surface area (Å²) in [5, 5.41) is 11.0. The van der Waals surface area contributed by atoms with Crippen LogP contribution in [0.4, 0.5) is 5.69 Å². The first-order valence-electron chi connectivity index (χ1n) is 7.56. The maximum absolute atomic E-state index is 11.7. The fraction of sp³-hybridized carbons (Fsp3) is 0.294. The van der Waals surface area contributed by atoms with Crippen molar-refractivity contribution < 1.29 is 4.79 Å². The molecule has 1 amide bonds. The van der Waals surface area contributed by atoms with E-state index in [-0.39, 0.29) is 0 Å². The number of carbonyl (C=O) groups is 1. The van der Waals surface area contributed by atoms with E-state index in [0.29, 0.717) is 22.5 Å². The van der Waals surface area contributed by atoms with Gasteiger partial charge in [-0.25, -0.2) is 0 Å². The molecule has 1 aliphatic rings. The van der Waals surface area contributed by atoms with Crippen molar-refractivity contribution in [3.63, 3.8) is 0 Å². The Morgan fingerprint density at radius 3 is 2.65 bits per heavy atom. The van der Waals surface area contributed by atoms with Crippen LogP contribution in [0.2, 0.25) is 0 Å². The van der Waals surface area contributed by atoms with Crippen LogP contribution < -0.4 is 22.5 Å². The number of carbonyl (C=O) groups excluding carboxylic acids is 1. The van der Waals surface area contributed by atoms with Gasteiger partial charge in [-0.1, -0.05) is 19.4 Å². The van der Waals surface area contributed by atoms with Gasteiger partial charge in [-0.15, -0.1) is 0 Å². The Morgan fingerprint density at radius 2 is 2.09 bits per heavy atom. The molecule has 2 rings (SSSR count). The Balaban J connectivity index is 2.64. The number of dihydropyridines is 1. The smallest absolute Gasteiger partial charge is 0.250 e. The Hall–Kier alpha value is -2.76. The monoisotopic (exact) mass is 313 g/mol. The molecule has 0 bridgehead atoms. The molecule has 1 atom stereocenters. The molecule has 6 heteroatoms. The minimum atomic E-state index is -0.555. The number of allylic oxidation sites excluding steroid dienone is 1. The number of nitrogen functional groups attached to an aromatic ring is 1. The molecule has 23 heavy (non-hydrogen) atoms. The molecule has 0 saturated heterocycles. The Bertz CT molecular complexity index is 718. The lowest BCUT2D eigenvalue weighted by Gasteiger charge is -2.30. The van der Waals surface area contributed by atoms with E-state index in [9.17, 15) is 4.79 Å². The number of primary amides is 1. The minimum absolute atomic E-state index is 0.315. The van der Waals surface area contributed by atoms with Crippen molar-refractivity contribution in [3.05, 3.63) is 51.9 Å². The van der Waals surface area contributed by atoms with Gasteiger partial charge >= 0.3 is 0 Å². The van der Waals surface area contributed by atoms with Crippen molar-refractivity contribution in [2.24, 2.45) is 11.5 Å². The zero-order valence-electron chi connectivity index (χ0n) is 13.4. The summed E-state index contributed by atoms with van der Waals surface area (Å²) in [5.41, 5.74) is 22.1. The van der Waals surface area contributed by atoms with Crippen LogP contribution in [-0.4, -0.2) is 12.1 Å². The quantitative estimate of drug-likeness (QED) is 0.417. The maximum Gasteiger partial charge on any atom is 0.250 e. The number of aryl methyl sites for hydroxylation is 1. The van der Waals surface area contributed by atoms with Gasteiger partial charge < -0.3 is 27.9 Å². The number of nitrogens with one attached hydrogen (secondary N) is 2. The van der Waals surface area contributed by atoms with Crippen molar-refractivity contribution in [3.8, 4) is 0 Å². The highest BCUT2D eigenvalue weighted by molar-refractivity contribution is 5.96. The van der Waals surface area contributed by atoms with Crippen LogP contribution in [0.25, 0.3) is 0 Å². The van der Waals surface area contributed by atoms with Crippen LogP contribution in [0, 0.1) is 12.3 Å². The van der Waals surface area contributed by atoms with Crippen LogP contribution in [0.3, 0.4) is 0 Å². The van der Waals surface area contributed by atoms with E-state index >= 15 is 0 Å². The average Bonchev–Trinajstić information content (AvgIpc) is 2.51. The second kappa shape index (κ2) is 6.56. The number of benzene rings is 1. The van der Waals surface area contributed by atoms with Gasteiger partial charge in [-0.3, -0.25) is 4.79 Å². The van der Waals surface area contributed by atoms with Crippen LogP contribution in [0.1, 0.15) is 42.5 Å². The van der Waals surface area contributed by atoms with Crippen LogP contribution in [-0.2, 0) is 4.79 Å². The molecule has 0 saturated carbocycles. The van der Waals surface area contributed by atoms with Crippen LogP contribution in [0.5, 0.6) is 0 Å². The molecule has 1 aliphatic heterocycles. The van der Waals surface area contributed by atoms with Crippen molar-refractivity contribution in [2.45, 2.75) is 32.7 Å². The van der Waals surface area contributed by atoms with E-state index < -0.39 is 11.9 Å². The van der Waals surface area contributed by atoms with Gasteiger partial charge in [0.2, 0.25) is 0 Å². The summed E-state index contributed by atoms with van der Waals surface area (Å²) >= 11 is 0.